The first kappa shape index (κ1) is 26.6. The second kappa shape index (κ2) is 11.6. The van der Waals surface area contributed by atoms with Crippen LogP contribution in [0.4, 0.5) is 4.39 Å². The van der Waals surface area contributed by atoms with Gasteiger partial charge in [-0.25, -0.2) is 9.37 Å². The second-order valence-corrected chi connectivity index (χ2v) is 10.0. The Kier molecular flexibility index (Phi) is 8.81. The van der Waals surface area contributed by atoms with Crippen molar-refractivity contribution in [2.24, 2.45) is 11.1 Å². The quantitative estimate of drug-likeness (QED) is 0.454. The molecule has 0 radical (unpaired) electrons. The number of benzene rings is 2. The van der Waals surface area contributed by atoms with Crippen LogP contribution in [0, 0.1) is 12.3 Å². The van der Waals surface area contributed by atoms with Crippen LogP contribution in [0.1, 0.15) is 43.8 Å². The van der Waals surface area contributed by atoms with Crippen LogP contribution in [0.25, 0.3) is 11.3 Å². The molecule has 0 spiro atoms. The number of imidazole rings is 1. The molecule has 1 heterocycles. The lowest BCUT2D eigenvalue weighted by molar-refractivity contribution is -0.141. The van der Waals surface area contributed by atoms with E-state index in [1.165, 1.54) is 7.11 Å². The number of nitrogens with two attached hydrogens (primary N) is 1. The molecule has 0 aliphatic heterocycles. The first-order valence-electron chi connectivity index (χ1n) is 11.9. The lowest BCUT2D eigenvalue weighted by Gasteiger charge is -2.40. The normalized spacial score (nSPS) is 13.5. The van der Waals surface area contributed by atoms with Crippen LogP contribution in [0.2, 0.25) is 0 Å². The number of aromatic nitrogens is 2. The molecule has 7 heteroatoms. The highest BCUT2D eigenvalue weighted by Gasteiger charge is 2.39. The highest BCUT2D eigenvalue weighted by Crippen LogP contribution is 2.39. The fourth-order valence-corrected chi connectivity index (χ4v) is 4.26. The first-order valence-corrected chi connectivity index (χ1v) is 11.9. The van der Waals surface area contributed by atoms with E-state index in [1.54, 1.807) is 4.90 Å². The van der Waals surface area contributed by atoms with Crippen LogP contribution in [0.5, 0.6) is 0 Å². The molecule has 1 unspecified atom stereocenters. The molecule has 2 atom stereocenters. The zero-order valence-electron chi connectivity index (χ0n) is 21.4. The fraction of sp³-hybridized carbons (Fsp3) is 0.429. The molecule has 3 aromatic rings. The van der Waals surface area contributed by atoms with E-state index in [1.807, 2.05) is 64.2 Å². The minimum atomic E-state index is -1.35. The maximum atomic E-state index is 14.6. The van der Waals surface area contributed by atoms with Gasteiger partial charge in [0.25, 0.3) is 0 Å². The number of ether oxygens (including phenoxy) is 1. The number of methoxy groups -OCH3 is 1. The Morgan fingerprint density at radius 1 is 1.14 bits per heavy atom. The molecular weight excluding hydrogens is 443 g/mol. The summed E-state index contributed by atoms with van der Waals surface area (Å²) in [6.07, 6.45) is 0.662. The van der Waals surface area contributed by atoms with Gasteiger partial charge in [0, 0.05) is 32.0 Å². The van der Waals surface area contributed by atoms with Gasteiger partial charge in [-0.2, -0.15) is 0 Å². The number of nitrogens with zero attached hydrogens (tertiary/aromatic N) is 3. The predicted octanol–water partition coefficient (Wildman–Crippen LogP) is 4.77. The minimum absolute atomic E-state index is 0.126. The molecule has 0 aliphatic rings. The van der Waals surface area contributed by atoms with Gasteiger partial charge in [0.1, 0.15) is 18.6 Å². The van der Waals surface area contributed by atoms with Crippen LogP contribution in [-0.4, -0.2) is 53.3 Å². The van der Waals surface area contributed by atoms with Gasteiger partial charge < -0.3 is 19.9 Å². The van der Waals surface area contributed by atoms with E-state index in [9.17, 15) is 9.18 Å². The molecule has 0 bridgehead atoms. The monoisotopic (exact) mass is 480 g/mol. The number of halogens is 1. The van der Waals surface area contributed by atoms with E-state index in [2.05, 4.69) is 28.8 Å². The Bertz CT molecular complexity index is 1090. The molecule has 2 aromatic carbocycles. The van der Waals surface area contributed by atoms with Crippen LogP contribution in [0.15, 0.2) is 60.8 Å². The van der Waals surface area contributed by atoms with E-state index < -0.39 is 17.6 Å². The molecular formula is C28H37FN4O2. The van der Waals surface area contributed by atoms with E-state index in [4.69, 9.17) is 15.5 Å². The minimum Gasteiger partial charge on any atom is -0.375 e. The molecule has 0 aliphatic carbocycles. The van der Waals surface area contributed by atoms with Crippen molar-refractivity contribution in [3.8, 4) is 11.3 Å². The van der Waals surface area contributed by atoms with E-state index >= 15 is 0 Å². The predicted molar refractivity (Wildman–Crippen MR) is 138 cm³/mol. The molecule has 0 saturated carbocycles. The number of hydrogen-bond acceptors (Lipinski definition) is 4. The van der Waals surface area contributed by atoms with Crippen molar-refractivity contribution in [1.29, 1.82) is 0 Å². The van der Waals surface area contributed by atoms with Gasteiger partial charge in [0.2, 0.25) is 5.91 Å². The second-order valence-electron chi connectivity index (χ2n) is 10.0. The summed E-state index contributed by atoms with van der Waals surface area (Å²) in [6, 6.07) is 17.8. The van der Waals surface area contributed by atoms with Crippen molar-refractivity contribution in [3.63, 3.8) is 0 Å². The number of hydrogen-bond donors (Lipinski definition) is 1. The zero-order chi connectivity index (χ0) is 25.6. The average Bonchev–Trinajstić information content (AvgIpc) is 3.21. The number of amides is 1. The van der Waals surface area contributed by atoms with Crippen molar-refractivity contribution in [3.05, 3.63) is 77.7 Å². The van der Waals surface area contributed by atoms with Gasteiger partial charge >= 0.3 is 0 Å². The number of carbonyl (C=O) groups excluding carboxylic acids is 1. The van der Waals surface area contributed by atoms with E-state index in [0.29, 0.717) is 12.4 Å². The molecule has 188 valence electrons. The molecule has 0 fully saturated rings. The summed E-state index contributed by atoms with van der Waals surface area (Å²) in [7, 11) is 1.46. The van der Waals surface area contributed by atoms with Gasteiger partial charge in [-0.1, -0.05) is 80.9 Å². The maximum absolute atomic E-state index is 14.6. The fourth-order valence-electron chi connectivity index (χ4n) is 4.26. The summed E-state index contributed by atoms with van der Waals surface area (Å²) in [4.78, 5) is 19.8. The van der Waals surface area contributed by atoms with Gasteiger partial charge in [0.05, 0.1) is 18.3 Å². The maximum Gasteiger partial charge on any atom is 0.249 e. The average molecular weight is 481 g/mol. The number of carbonyl (C=O) groups is 1. The van der Waals surface area contributed by atoms with Crippen LogP contribution < -0.4 is 5.73 Å². The lowest BCUT2D eigenvalue weighted by atomic mass is 9.84. The Hall–Kier alpha value is -3.03. The SMILES string of the molecule is COCC(=O)N(CC(F)CN)[C@@H](c1nc(-c2ccc(C)cc2)cn1Cc1ccccc1)C(C)(C)C. The Labute approximate surface area is 207 Å². The number of rotatable bonds is 10. The Morgan fingerprint density at radius 2 is 1.80 bits per heavy atom. The van der Waals surface area contributed by atoms with Gasteiger partial charge in [0.15, 0.2) is 0 Å². The third-order valence-corrected chi connectivity index (χ3v) is 5.97. The summed E-state index contributed by atoms with van der Waals surface area (Å²) in [5.74, 6) is 0.403. The smallest absolute Gasteiger partial charge is 0.249 e. The molecule has 1 amide bonds. The van der Waals surface area contributed by atoms with Gasteiger partial charge in [-0.05, 0) is 17.9 Å². The first-order chi connectivity index (χ1) is 16.6. The molecule has 3 rings (SSSR count). The summed E-state index contributed by atoms with van der Waals surface area (Å²) < 4.78 is 21.8. The summed E-state index contributed by atoms with van der Waals surface area (Å²) in [5.41, 5.74) is 9.22. The van der Waals surface area contributed by atoms with Crippen LogP contribution >= 0.6 is 0 Å². The third-order valence-electron chi connectivity index (χ3n) is 5.97. The lowest BCUT2D eigenvalue weighted by Crippen LogP contribution is -2.47. The molecule has 0 saturated heterocycles. The largest absolute Gasteiger partial charge is 0.375 e. The summed E-state index contributed by atoms with van der Waals surface area (Å²) >= 11 is 0. The van der Waals surface area contributed by atoms with Crippen molar-refractivity contribution in [2.45, 2.75) is 46.5 Å². The number of aryl methyl sites for hydroxylation is 1. The van der Waals surface area contributed by atoms with Crippen molar-refractivity contribution < 1.29 is 13.9 Å². The van der Waals surface area contributed by atoms with Gasteiger partial charge in [-0.15, -0.1) is 0 Å². The van der Waals surface area contributed by atoms with Crippen molar-refractivity contribution in [2.75, 3.05) is 26.8 Å². The highest BCUT2D eigenvalue weighted by atomic mass is 19.1. The highest BCUT2D eigenvalue weighted by molar-refractivity contribution is 5.78. The summed E-state index contributed by atoms with van der Waals surface area (Å²) in [5, 5.41) is 0. The molecule has 1 aromatic heterocycles. The van der Waals surface area contributed by atoms with Crippen LogP contribution in [0.3, 0.4) is 0 Å². The van der Waals surface area contributed by atoms with Crippen LogP contribution in [-0.2, 0) is 16.1 Å². The summed E-state index contributed by atoms with van der Waals surface area (Å²) in [6.45, 7) is 8.29. The van der Waals surface area contributed by atoms with Gasteiger partial charge in [-0.3, -0.25) is 4.79 Å². The third kappa shape index (κ3) is 6.77. The van der Waals surface area contributed by atoms with E-state index in [0.717, 1.165) is 22.4 Å². The molecule has 35 heavy (non-hydrogen) atoms. The van der Waals surface area contributed by atoms with Crippen molar-refractivity contribution in [1.82, 2.24) is 14.5 Å². The topological polar surface area (TPSA) is 73.4 Å². The Morgan fingerprint density at radius 3 is 2.37 bits per heavy atom. The zero-order valence-corrected chi connectivity index (χ0v) is 21.4. The molecule has 6 nitrogen and oxygen atoms in total. The standard InChI is InChI=1S/C28H37FN4O2/c1-20-11-13-22(14-12-20)24-18-32(16-21-9-7-6-8-10-21)27(31-24)26(28(2,3)4)33(17-23(29)15-30)25(34)19-35-5/h6-14,18,23,26H,15-17,19,30H2,1-5H3/t23?,26-/m0/s1. The van der Waals surface area contributed by atoms with E-state index in [-0.39, 0.29) is 25.6 Å². The van der Waals surface area contributed by atoms with Crippen molar-refractivity contribution >= 4 is 5.91 Å². The Balaban J connectivity index is 2.17. The number of alkyl halides is 1. The molecule has 2 N–H and O–H groups in total.